The molecule has 0 fully saturated rings. The average molecular weight is 497 g/mol. The van der Waals surface area contributed by atoms with E-state index < -0.39 is 12.1 Å². The van der Waals surface area contributed by atoms with Gasteiger partial charge in [0.05, 0.1) is 6.54 Å². The van der Waals surface area contributed by atoms with E-state index in [4.69, 9.17) is 4.74 Å². The van der Waals surface area contributed by atoms with Gasteiger partial charge in [0, 0.05) is 18.7 Å². The lowest BCUT2D eigenvalue weighted by atomic mass is 10.1. The highest BCUT2D eigenvalue weighted by molar-refractivity contribution is 7.98. The standard InChI is InChI=1S/C25H30N4O3S.C2H6/c1-3-11-22(29-33-18-4-2)26-16-17-27-24(30)23(21-14-9-6-10-15-21)28-25(31)32-19-20-12-7-5-8-13-20;1-2/h3-10,12-15,23H,1-2,11,16-19H2,(H,26,29)(H,27,30)(H,28,31);1-2H3/t23-;/m0./s1. The molecule has 0 bridgehead atoms. The summed E-state index contributed by atoms with van der Waals surface area (Å²) in [6, 6.07) is 17.5. The fourth-order valence-electron chi connectivity index (χ4n) is 2.76. The molecule has 7 nitrogen and oxygen atoms in total. The Balaban J connectivity index is 0.00000298. The third-order valence-corrected chi connectivity index (χ3v) is 5.09. The van der Waals surface area contributed by atoms with Crippen molar-refractivity contribution in [3.8, 4) is 0 Å². The van der Waals surface area contributed by atoms with Crippen molar-refractivity contribution in [1.29, 1.82) is 0 Å². The topological polar surface area (TPSA) is 91.8 Å². The number of hydrogen-bond acceptors (Lipinski definition) is 5. The zero-order chi connectivity index (χ0) is 25.7. The fraction of sp³-hybridized carbons (Fsp3) is 0.296. The van der Waals surface area contributed by atoms with Crippen molar-refractivity contribution >= 4 is 29.8 Å². The number of carbonyl (C=O) groups excluding carboxylic acids is 2. The molecule has 0 saturated heterocycles. The predicted octanol–water partition coefficient (Wildman–Crippen LogP) is 5.19. The fourth-order valence-corrected chi connectivity index (χ4v) is 3.28. The highest BCUT2D eigenvalue weighted by Gasteiger charge is 2.23. The van der Waals surface area contributed by atoms with Crippen molar-refractivity contribution in [1.82, 2.24) is 15.4 Å². The van der Waals surface area contributed by atoms with Crippen LogP contribution in [0.15, 0.2) is 91.0 Å². The first-order valence-corrected chi connectivity index (χ1v) is 12.6. The van der Waals surface area contributed by atoms with E-state index in [-0.39, 0.29) is 12.5 Å². The average Bonchev–Trinajstić information content (AvgIpc) is 2.90. The smallest absolute Gasteiger partial charge is 0.408 e. The highest BCUT2D eigenvalue weighted by atomic mass is 32.2. The molecule has 0 saturated carbocycles. The minimum Gasteiger partial charge on any atom is -0.445 e. The Hall–Kier alpha value is -3.52. The van der Waals surface area contributed by atoms with Gasteiger partial charge in [-0.25, -0.2) is 4.79 Å². The van der Waals surface area contributed by atoms with Gasteiger partial charge in [-0.15, -0.1) is 13.2 Å². The number of hydrogen-bond donors (Lipinski definition) is 3. The normalized spacial score (nSPS) is 11.2. The van der Waals surface area contributed by atoms with Crippen molar-refractivity contribution in [2.24, 2.45) is 4.99 Å². The number of amidine groups is 1. The summed E-state index contributed by atoms with van der Waals surface area (Å²) in [6.45, 7) is 12.2. The van der Waals surface area contributed by atoms with Crippen LogP contribution in [0.5, 0.6) is 0 Å². The van der Waals surface area contributed by atoms with Crippen molar-refractivity contribution in [2.45, 2.75) is 32.9 Å². The molecule has 0 radical (unpaired) electrons. The van der Waals surface area contributed by atoms with Gasteiger partial charge in [0.15, 0.2) is 0 Å². The number of ether oxygens (including phenoxy) is 1. The summed E-state index contributed by atoms with van der Waals surface area (Å²) >= 11 is 1.48. The number of alkyl carbamates (subject to hydrolysis) is 1. The van der Waals surface area contributed by atoms with Gasteiger partial charge in [-0.2, -0.15) is 0 Å². The minimum absolute atomic E-state index is 0.119. The van der Waals surface area contributed by atoms with Crippen LogP contribution in [-0.2, 0) is 16.1 Å². The zero-order valence-electron chi connectivity index (χ0n) is 20.5. The maximum Gasteiger partial charge on any atom is 0.408 e. The first-order valence-electron chi connectivity index (χ1n) is 11.6. The largest absolute Gasteiger partial charge is 0.445 e. The summed E-state index contributed by atoms with van der Waals surface area (Å²) < 4.78 is 8.43. The number of rotatable bonds is 13. The van der Waals surface area contributed by atoms with E-state index in [9.17, 15) is 9.59 Å². The van der Waals surface area contributed by atoms with Crippen LogP contribution in [0.2, 0.25) is 0 Å². The molecule has 0 unspecified atom stereocenters. The maximum atomic E-state index is 12.9. The Bertz CT molecular complexity index is 921. The number of amides is 2. The van der Waals surface area contributed by atoms with Gasteiger partial charge < -0.3 is 20.1 Å². The second-order valence-corrected chi connectivity index (χ2v) is 7.69. The van der Waals surface area contributed by atoms with Crippen molar-refractivity contribution < 1.29 is 14.3 Å². The molecular weight excluding hydrogens is 460 g/mol. The van der Waals surface area contributed by atoms with Gasteiger partial charge in [-0.1, -0.05) is 86.7 Å². The van der Waals surface area contributed by atoms with E-state index in [1.807, 2.05) is 62.4 Å². The zero-order valence-corrected chi connectivity index (χ0v) is 21.4. The molecule has 2 aromatic carbocycles. The SMILES string of the molecule is C=CCSNC(CC=C)=NCCNC(=O)[C@@H](NC(=O)OCc1ccccc1)c1ccccc1.CC. The molecule has 8 heteroatoms. The van der Waals surface area contributed by atoms with Crippen LogP contribution in [0.25, 0.3) is 0 Å². The molecular formula is C27H36N4O3S. The van der Waals surface area contributed by atoms with Gasteiger partial charge in [0.2, 0.25) is 5.91 Å². The Morgan fingerprint density at radius 2 is 1.69 bits per heavy atom. The van der Waals surface area contributed by atoms with Crippen LogP contribution in [0, 0.1) is 0 Å². The Labute approximate surface area is 213 Å². The van der Waals surface area contributed by atoms with Crippen LogP contribution in [0.1, 0.15) is 37.4 Å². The summed E-state index contributed by atoms with van der Waals surface area (Å²) in [6.07, 6.45) is 3.48. The van der Waals surface area contributed by atoms with Crippen molar-refractivity contribution in [3.05, 3.63) is 97.1 Å². The first kappa shape index (κ1) is 29.5. The van der Waals surface area contributed by atoms with E-state index in [1.54, 1.807) is 24.3 Å². The molecule has 2 rings (SSSR count). The molecule has 2 amide bonds. The van der Waals surface area contributed by atoms with E-state index in [1.165, 1.54) is 11.9 Å². The first-order chi connectivity index (χ1) is 17.1. The monoisotopic (exact) mass is 496 g/mol. The van der Waals surface area contributed by atoms with Crippen LogP contribution in [0.3, 0.4) is 0 Å². The Morgan fingerprint density at radius 3 is 2.31 bits per heavy atom. The molecule has 3 N–H and O–H groups in total. The third kappa shape index (κ3) is 12.5. The van der Waals surface area contributed by atoms with Crippen LogP contribution in [-0.4, -0.2) is 36.7 Å². The van der Waals surface area contributed by atoms with Crippen LogP contribution >= 0.6 is 11.9 Å². The summed E-state index contributed by atoms with van der Waals surface area (Å²) in [4.78, 5) is 29.7. The lowest BCUT2D eigenvalue weighted by Crippen LogP contribution is -2.41. The van der Waals surface area contributed by atoms with Crippen molar-refractivity contribution in [3.63, 3.8) is 0 Å². The molecule has 0 aromatic heterocycles. The van der Waals surface area contributed by atoms with E-state index in [0.29, 0.717) is 25.1 Å². The number of nitrogens with one attached hydrogen (secondary N) is 3. The number of benzene rings is 2. The summed E-state index contributed by atoms with van der Waals surface area (Å²) in [5.74, 6) is 1.18. The van der Waals surface area contributed by atoms with Gasteiger partial charge in [0.25, 0.3) is 0 Å². The molecule has 2 aromatic rings. The van der Waals surface area contributed by atoms with Crippen LogP contribution < -0.4 is 15.4 Å². The molecule has 0 spiro atoms. The quantitative estimate of drug-likeness (QED) is 0.117. The minimum atomic E-state index is -0.882. The van der Waals surface area contributed by atoms with E-state index in [2.05, 4.69) is 33.5 Å². The number of nitrogens with zero attached hydrogens (tertiary/aromatic N) is 1. The number of carbonyl (C=O) groups is 2. The van der Waals surface area contributed by atoms with Crippen LogP contribution in [0.4, 0.5) is 4.79 Å². The molecule has 35 heavy (non-hydrogen) atoms. The van der Waals surface area contributed by atoms with E-state index >= 15 is 0 Å². The van der Waals surface area contributed by atoms with Gasteiger partial charge >= 0.3 is 6.09 Å². The molecule has 0 aliphatic carbocycles. The lowest BCUT2D eigenvalue weighted by molar-refractivity contribution is -0.123. The Morgan fingerprint density at radius 1 is 1.03 bits per heavy atom. The van der Waals surface area contributed by atoms with Gasteiger partial charge in [-0.3, -0.25) is 9.79 Å². The molecule has 0 heterocycles. The molecule has 1 atom stereocenters. The van der Waals surface area contributed by atoms with Gasteiger partial charge in [0.1, 0.15) is 18.5 Å². The maximum absolute atomic E-state index is 12.9. The second-order valence-electron chi connectivity index (χ2n) is 6.86. The highest BCUT2D eigenvalue weighted by Crippen LogP contribution is 2.13. The Kier molecular flexibility index (Phi) is 15.9. The van der Waals surface area contributed by atoms with E-state index in [0.717, 1.165) is 17.2 Å². The third-order valence-electron chi connectivity index (χ3n) is 4.31. The molecule has 188 valence electrons. The molecule has 0 aliphatic rings. The summed E-state index contributed by atoms with van der Waals surface area (Å²) in [5, 5.41) is 5.49. The lowest BCUT2D eigenvalue weighted by Gasteiger charge is -2.18. The molecule has 0 aliphatic heterocycles. The number of aliphatic imine (C=N–C) groups is 1. The summed E-state index contributed by atoms with van der Waals surface area (Å²) in [7, 11) is 0. The second kappa shape index (κ2) is 18.9. The predicted molar refractivity (Wildman–Crippen MR) is 146 cm³/mol. The van der Waals surface area contributed by atoms with Crippen molar-refractivity contribution in [2.75, 3.05) is 18.8 Å². The van der Waals surface area contributed by atoms with Gasteiger partial charge in [-0.05, 0) is 23.1 Å². The summed E-state index contributed by atoms with van der Waals surface area (Å²) in [5.41, 5.74) is 1.52.